The predicted octanol–water partition coefficient (Wildman–Crippen LogP) is 1.57. The molecule has 0 aliphatic carbocycles. The van der Waals surface area contributed by atoms with Gasteiger partial charge in [0.2, 0.25) is 0 Å². The number of carbonyl (C=O) groups excluding carboxylic acids is 1. The fourth-order valence-electron chi connectivity index (χ4n) is 2.65. The number of thiophene rings is 1. The summed E-state index contributed by atoms with van der Waals surface area (Å²) in [5, 5.41) is 8.08. The quantitative estimate of drug-likeness (QED) is 0.864. The number of hydrogen-bond acceptors (Lipinski definition) is 4. The Balaban J connectivity index is 1.74. The molecule has 2 rings (SSSR count). The van der Waals surface area contributed by atoms with Crippen molar-refractivity contribution in [3.8, 4) is 0 Å². The van der Waals surface area contributed by atoms with Gasteiger partial charge in [-0.05, 0) is 25.5 Å². The van der Waals surface area contributed by atoms with Gasteiger partial charge in [-0.2, -0.15) is 0 Å². The normalized spacial score (nSPS) is 20.8. The van der Waals surface area contributed by atoms with Gasteiger partial charge in [-0.15, -0.1) is 11.3 Å². The molecule has 1 aromatic heterocycles. The van der Waals surface area contributed by atoms with Crippen molar-refractivity contribution in [1.82, 2.24) is 20.4 Å². The first kappa shape index (κ1) is 17.2. The van der Waals surface area contributed by atoms with Crippen LogP contribution in [0.2, 0.25) is 0 Å². The van der Waals surface area contributed by atoms with Crippen molar-refractivity contribution >= 4 is 17.4 Å². The third-order valence-corrected chi connectivity index (χ3v) is 5.59. The summed E-state index contributed by atoms with van der Waals surface area (Å²) in [6, 6.07) is 4.48. The monoisotopic (exact) mass is 324 g/mol. The second-order valence-corrected chi connectivity index (χ2v) is 7.77. The van der Waals surface area contributed by atoms with Crippen molar-refractivity contribution in [3.63, 3.8) is 0 Å². The molecule has 1 saturated heterocycles. The van der Waals surface area contributed by atoms with Crippen molar-refractivity contribution in [2.75, 3.05) is 46.8 Å². The summed E-state index contributed by atoms with van der Waals surface area (Å²) >= 11 is 1.73. The molecule has 22 heavy (non-hydrogen) atoms. The molecule has 2 N–H and O–H groups in total. The molecule has 0 radical (unpaired) electrons. The second kappa shape index (κ2) is 7.44. The molecule has 0 aromatic carbocycles. The van der Waals surface area contributed by atoms with E-state index in [0.29, 0.717) is 19.1 Å². The number of amides is 2. The smallest absolute Gasteiger partial charge is 0.314 e. The summed E-state index contributed by atoms with van der Waals surface area (Å²) in [7, 11) is 4.25. The predicted molar refractivity (Wildman–Crippen MR) is 92.7 cm³/mol. The van der Waals surface area contributed by atoms with Crippen LogP contribution in [0.5, 0.6) is 0 Å². The van der Waals surface area contributed by atoms with Gasteiger partial charge in [0.1, 0.15) is 0 Å². The lowest BCUT2D eigenvalue weighted by molar-refractivity contribution is 0.114. The second-order valence-electron chi connectivity index (χ2n) is 6.82. The number of piperazine rings is 1. The maximum atomic E-state index is 12.0. The molecule has 2 amide bonds. The van der Waals surface area contributed by atoms with Crippen LogP contribution in [0.15, 0.2) is 17.5 Å². The Kier molecular flexibility index (Phi) is 5.83. The van der Waals surface area contributed by atoms with Gasteiger partial charge < -0.3 is 15.5 Å². The summed E-state index contributed by atoms with van der Waals surface area (Å²) in [6.07, 6.45) is 0. The third-order valence-electron chi connectivity index (χ3n) is 4.36. The van der Waals surface area contributed by atoms with Crippen molar-refractivity contribution in [2.24, 2.45) is 0 Å². The summed E-state index contributed by atoms with van der Waals surface area (Å²) in [5.74, 6) is 0. The molecule has 1 fully saturated rings. The molecule has 1 aliphatic rings. The summed E-state index contributed by atoms with van der Waals surface area (Å²) < 4.78 is 0. The molecule has 0 unspecified atom stereocenters. The van der Waals surface area contributed by atoms with Crippen LogP contribution in [0.1, 0.15) is 18.7 Å². The van der Waals surface area contributed by atoms with Gasteiger partial charge in [-0.1, -0.05) is 19.9 Å². The topological polar surface area (TPSA) is 47.6 Å². The lowest BCUT2D eigenvalue weighted by atomic mass is 9.91. The average molecular weight is 324 g/mol. The third kappa shape index (κ3) is 4.69. The highest BCUT2D eigenvalue weighted by molar-refractivity contribution is 7.10. The Hall–Kier alpha value is -1.11. The maximum absolute atomic E-state index is 12.0. The van der Waals surface area contributed by atoms with Crippen LogP contribution in [0.3, 0.4) is 0 Å². The van der Waals surface area contributed by atoms with Crippen molar-refractivity contribution < 1.29 is 4.79 Å². The minimum absolute atomic E-state index is 0.0344. The van der Waals surface area contributed by atoms with Gasteiger partial charge in [0, 0.05) is 49.1 Å². The van der Waals surface area contributed by atoms with Gasteiger partial charge in [-0.25, -0.2) is 4.79 Å². The molecule has 1 aromatic rings. The lowest BCUT2D eigenvalue weighted by Crippen LogP contribution is -2.55. The van der Waals surface area contributed by atoms with E-state index in [9.17, 15) is 4.79 Å². The zero-order valence-electron chi connectivity index (χ0n) is 14.1. The van der Waals surface area contributed by atoms with Gasteiger partial charge in [-0.3, -0.25) is 4.90 Å². The molecule has 124 valence electrons. The number of carbonyl (C=O) groups is 1. The highest BCUT2D eigenvalue weighted by Crippen LogP contribution is 2.26. The molecule has 5 nitrogen and oxygen atoms in total. The molecule has 1 aliphatic heterocycles. The standard InChI is InChI=1S/C16H28N4OS/c1-16(2,14-6-5-9-22-14)12-18-15(21)17-10-13-11-19(3)7-8-20(13)4/h5-6,9,13H,7-8,10-12H2,1-4H3,(H2,17,18,21)/t13-/m0/s1. The molecular formula is C16H28N4OS. The van der Waals surface area contributed by atoms with Crippen molar-refractivity contribution in [2.45, 2.75) is 25.3 Å². The van der Waals surface area contributed by atoms with Crippen molar-refractivity contribution in [3.05, 3.63) is 22.4 Å². The minimum Gasteiger partial charge on any atom is -0.337 e. The van der Waals surface area contributed by atoms with Gasteiger partial charge in [0.25, 0.3) is 0 Å². The van der Waals surface area contributed by atoms with Gasteiger partial charge >= 0.3 is 6.03 Å². The Bertz CT molecular complexity index is 475. The summed E-state index contributed by atoms with van der Waals surface area (Å²) in [4.78, 5) is 18.0. The van der Waals surface area contributed by atoms with E-state index in [1.54, 1.807) is 11.3 Å². The van der Waals surface area contributed by atoms with Crippen LogP contribution in [-0.4, -0.2) is 68.7 Å². The fraction of sp³-hybridized carbons (Fsp3) is 0.688. The molecule has 0 spiro atoms. The molecular weight excluding hydrogens is 296 g/mol. The first-order valence-electron chi connectivity index (χ1n) is 7.83. The van der Waals surface area contributed by atoms with Crippen LogP contribution >= 0.6 is 11.3 Å². The molecule has 0 bridgehead atoms. The molecule has 0 saturated carbocycles. The van der Waals surface area contributed by atoms with E-state index in [0.717, 1.165) is 19.6 Å². The first-order valence-corrected chi connectivity index (χ1v) is 8.71. The number of hydrogen-bond donors (Lipinski definition) is 2. The van der Waals surface area contributed by atoms with Crippen molar-refractivity contribution in [1.29, 1.82) is 0 Å². The molecule has 6 heteroatoms. The van der Waals surface area contributed by atoms with Crippen LogP contribution in [0.25, 0.3) is 0 Å². The summed E-state index contributed by atoms with van der Waals surface area (Å²) in [5.41, 5.74) is -0.0344. The number of rotatable bonds is 5. The first-order chi connectivity index (χ1) is 10.4. The van der Waals surface area contributed by atoms with E-state index in [2.05, 4.69) is 65.9 Å². The molecule has 1 atom stereocenters. The number of nitrogens with one attached hydrogen (secondary N) is 2. The fourth-order valence-corrected chi connectivity index (χ4v) is 3.50. The molecule has 2 heterocycles. The van der Waals surface area contributed by atoms with E-state index in [-0.39, 0.29) is 11.4 Å². The Labute approximate surface area is 137 Å². The van der Waals surface area contributed by atoms with Gasteiger partial charge in [0.15, 0.2) is 0 Å². The maximum Gasteiger partial charge on any atom is 0.314 e. The SMILES string of the molecule is CN1CCN(C)[C@@H](CNC(=O)NCC(C)(C)c2cccs2)C1. The summed E-state index contributed by atoms with van der Waals surface area (Å²) in [6.45, 7) is 8.78. The highest BCUT2D eigenvalue weighted by Gasteiger charge is 2.24. The zero-order chi connectivity index (χ0) is 16.2. The minimum atomic E-state index is -0.0775. The largest absolute Gasteiger partial charge is 0.337 e. The highest BCUT2D eigenvalue weighted by atomic mass is 32.1. The Morgan fingerprint density at radius 2 is 2.14 bits per heavy atom. The van der Waals surface area contributed by atoms with Crippen LogP contribution < -0.4 is 10.6 Å². The van der Waals surface area contributed by atoms with E-state index < -0.39 is 0 Å². The number of likely N-dealkylation sites (N-methyl/N-ethyl adjacent to an activating group) is 2. The number of nitrogens with zero attached hydrogens (tertiary/aromatic N) is 2. The zero-order valence-corrected chi connectivity index (χ0v) is 14.9. The van der Waals surface area contributed by atoms with E-state index in [1.165, 1.54) is 4.88 Å². The average Bonchev–Trinajstić information content (AvgIpc) is 3.01. The van der Waals surface area contributed by atoms with Crippen LogP contribution in [0.4, 0.5) is 4.79 Å². The number of urea groups is 1. The van der Waals surface area contributed by atoms with E-state index in [4.69, 9.17) is 0 Å². The Morgan fingerprint density at radius 1 is 1.36 bits per heavy atom. The van der Waals surface area contributed by atoms with Crippen LogP contribution in [0, 0.1) is 0 Å². The van der Waals surface area contributed by atoms with Gasteiger partial charge in [0.05, 0.1) is 0 Å². The van der Waals surface area contributed by atoms with E-state index in [1.807, 2.05) is 0 Å². The van der Waals surface area contributed by atoms with E-state index >= 15 is 0 Å². The Morgan fingerprint density at radius 3 is 2.82 bits per heavy atom. The lowest BCUT2D eigenvalue weighted by Gasteiger charge is -2.37. The van der Waals surface area contributed by atoms with Crippen LogP contribution in [-0.2, 0) is 5.41 Å².